The molecule has 1 aromatic carbocycles. The summed E-state index contributed by atoms with van der Waals surface area (Å²) in [5.74, 6) is 1.28. The second kappa shape index (κ2) is 5.35. The lowest BCUT2D eigenvalue weighted by atomic mass is 9.83. The number of aryl methyl sites for hydroxylation is 2. The van der Waals surface area contributed by atoms with Crippen molar-refractivity contribution in [2.24, 2.45) is 5.92 Å². The van der Waals surface area contributed by atoms with Crippen molar-refractivity contribution in [2.75, 3.05) is 0 Å². The first-order valence-corrected chi connectivity index (χ1v) is 6.58. The van der Waals surface area contributed by atoms with Gasteiger partial charge in [-0.2, -0.15) is 0 Å². The predicted octanol–water partition coefficient (Wildman–Crippen LogP) is 4.93. The zero-order valence-electron chi connectivity index (χ0n) is 11.1. The Morgan fingerprint density at radius 3 is 2.24 bits per heavy atom. The fraction of sp³-hybridized carbons (Fsp3) is 0.412. The number of hydrogen-bond acceptors (Lipinski definition) is 0. The quantitative estimate of drug-likeness (QED) is 0.627. The summed E-state index contributed by atoms with van der Waals surface area (Å²) in [6.07, 6.45) is 11.8. The molecule has 0 spiro atoms. The van der Waals surface area contributed by atoms with Gasteiger partial charge in [0.15, 0.2) is 0 Å². The molecule has 2 atom stereocenters. The number of benzene rings is 1. The molecular weight excluding hydrogens is 204 g/mol. The molecule has 1 aliphatic rings. The van der Waals surface area contributed by atoms with Gasteiger partial charge in [-0.15, -0.1) is 0 Å². The molecule has 0 aromatic heterocycles. The molecule has 0 saturated carbocycles. The monoisotopic (exact) mass is 226 g/mol. The minimum absolute atomic E-state index is 0.620. The van der Waals surface area contributed by atoms with Gasteiger partial charge in [-0.3, -0.25) is 0 Å². The maximum atomic E-state index is 2.39. The van der Waals surface area contributed by atoms with E-state index in [4.69, 9.17) is 0 Å². The van der Waals surface area contributed by atoms with Gasteiger partial charge in [-0.1, -0.05) is 53.6 Å². The molecule has 0 heteroatoms. The van der Waals surface area contributed by atoms with E-state index in [1.54, 1.807) is 0 Å². The van der Waals surface area contributed by atoms with Crippen LogP contribution in [0.25, 0.3) is 0 Å². The summed E-state index contributed by atoms with van der Waals surface area (Å²) in [5.41, 5.74) is 4.24. The molecule has 0 heterocycles. The smallest absolute Gasteiger partial charge is 0.00187 e. The van der Waals surface area contributed by atoms with E-state index in [1.165, 1.54) is 29.5 Å². The van der Waals surface area contributed by atoms with E-state index in [0.717, 1.165) is 0 Å². The van der Waals surface area contributed by atoms with Gasteiger partial charge < -0.3 is 0 Å². The minimum Gasteiger partial charge on any atom is -0.0911 e. The van der Waals surface area contributed by atoms with Crippen molar-refractivity contribution in [3.05, 3.63) is 59.2 Å². The fourth-order valence-electron chi connectivity index (χ4n) is 2.75. The van der Waals surface area contributed by atoms with E-state index in [2.05, 4.69) is 63.3 Å². The number of hydrogen-bond donors (Lipinski definition) is 0. The first-order valence-electron chi connectivity index (χ1n) is 6.58. The van der Waals surface area contributed by atoms with Crippen LogP contribution in [0.15, 0.2) is 42.5 Å². The van der Waals surface area contributed by atoms with Gasteiger partial charge in [0.05, 0.1) is 0 Å². The number of allylic oxidation sites excluding steroid dienone is 4. The van der Waals surface area contributed by atoms with Gasteiger partial charge >= 0.3 is 0 Å². The van der Waals surface area contributed by atoms with Crippen LogP contribution in [0.1, 0.15) is 42.4 Å². The van der Waals surface area contributed by atoms with Crippen molar-refractivity contribution in [3.8, 4) is 0 Å². The van der Waals surface area contributed by atoms with Crippen LogP contribution in [-0.4, -0.2) is 0 Å². The second-order valence-corrected chi connectivity index (χ2v) is 5.18. The van der Waals surface area contributed by atoms with Crippen LogP contribution in [-0.2, 0) is 0 Å². The van der Waals surface area contributed by atoms with E-state index in [1.807, 2.05) is 0 Å². The van der Waals surface area contributed by atoms with Crippen LogP contribution in [0.4, 0.5) is 0 Å². The van der Waals surface area contributed by atoms with Gasteiger partial charge in [0.1, 0.15) is 0 Å². The Morgan fingerprint density at radius 2 is 1.71 bits per heavy atom. The van der Waals surface area contributed by atoms with Crippen molar-refractivity contribution in [1.82, 2.24) is 0 Å². The molecule has 1 aromatic rings. The molecule has 0 amide bonds. The summed E-state index contributed by atoms with van der Waals surface area (Å²) in [5, 5.41) is 0. The summed E-state index contributed by atoms with van der Waals surface area (Å²) in [6, 6.07) is 6.91. The van der Waals surface area contributed by atoms with Crippen LogP contribution in [0, 0.1) is 19.8 Å². The topological polar surface area (TPSA) is 0 Å². The Morgan fingerprint density at radius 1 is 1.00 bits per heavy atom. The maximum absolute atomic E-state index is 2.39. The highest BCUT2D eigenvalue weighted by Crippen LogP contribution is 2.31. The standard InChI is InChI=1S/C17H22/c1-4-5-15-6-8-16(9-7-15)17-11-13(2)10-14(3)12-17/h4-6,8,10-12,15-16H,7,9H2,1-3H3. The zero-order valence-corrected chi connectivity index (χ0v) is 11.1. The lowest BCUT2D eigenvalue weighted by Gasteiger charge is -2.22. The minimum atomic E-state index is 0.620. The normalized spacial score (nSPS) is 24.4. The van der Waals surface area contributed by atoms with Crippen LogP contribution in [0.5, 0.6) is 0 Å². The lowest BCUT2D eigenvalue weighted by Crippen LogP contribution is -2.06. The van der Waals surface area contributed by atoms with Gasteiger partial charge in [-0.05, 0) is 45.1 Å². The molecular formula is C17H22. The molecule has 0 fully saturated rings. The summed E-state index contributed by atoms with van der Waals surface area (Å²) < 4.78 is 0. The Balaban J connectivity index is 2.17. The molecule has 0 N–H and O–H groups in total. The third-order valence-corrected chi connectivity index (χ3v) is 3.51. The van der Waals surface area contributed by atoms with Gasteiger partial charge in [0, 0.05) is 5.92 Å². The van der Waals surface area contributed by atoms with Gasteiger partial charge in [-0.25, -0.2) is 0 Å². The first kappa shape index (κ1) is 12.2. The third-order valence-electron chi connectivity index (χ3n) is 3.51. The van der Waals surface area contributed by atoms with E-state index < -0.39 is 0 Å². The van der Waals surface area contributed by atoms with Crippen molar-refractivity contribution < 1.29 is 0 Å². The van der Waals surface area contributed by atoms with Crippen molar-refractivity contribution in [2.45, 2.75) is 39.5 Å². The molecule has 0 aliphatic heterocycles. The Kier molecular flexibility index (Phi) is 3.83. The number of rotatable bonds is 2. The molecule has 0 bridgehead atoms. The van der Waals surface area contributed by atoms with Crippen LogP contribution in [0.2, 0.25) is 0 Å². The fourth-order valence-corrected chi connectivity index (χ4v) is 2.75. The first-order chi connectivity index (χ1) is 8.19. The predicted molar refractivity (Wildman–Crippen MR) is 75.3 cm³/mol. The molecule has 17 heavy (non-hydrogen) atoms. The highest BCUT2D eigenvalue weighted by molar-refractivity contribution is 5.34. The van der Waals surface area contributed by atoms with Gasteiger partial charge in [0.25, 0.3) is 0 Å². The van der Waals surface area contributed by atoms with E-state index in [9.17, 15) is 0 Å². The average molecular weight is 226 g/mol. The molecule has 0 saturated heterocycles. The summed E-state index contributed by atoms with van der Waals surface area (Å²) in [6.45, 7) is 6.47. The highest BCUT2D eigenvalue weighted by Gasteiger charge is 2.15. The molecule has 0 nitrogen and oxygen atoms in total. The third kappa shape index (κ3) is 3.09. The lowest BCUT2D eigenvalue weighted by molar-refractivity contribution is 0.581. The SMILES string of the molecule is CC=CC1C=CC(c2cc(C)cc(C)c2)CC1. The van der Waals surface area contributed by atoms with E-state index in [-0.39, 0.29) is 0 Å². The summed E-state index contributed by atoms with van der Waals surface area (Å²) in [4.78, 5) is 0. The molecule has 90 valence electrons. The molecule has 0 radical (unpaired) electrons. The Hall–Kier alpha value is -1.30. The van der Waals surface area contributed by atoms with Crippen molar-refractivity contribution >= 4 is 0 Å². The maximum Gasteiger partial charge on any atom is 0.00187 e. The largest absolute Gasteiger partial charge is 0.0911 e. The van der Waals surface area contributed by atoms with E-state index in [0.29, 0.717) is 11.8 Å². The Labute approximate surface area is 105 Å². The zero-order chi connectivity index (χ0) is 12.3. The second-order valence-electron chi connectivity index (χ2n) is 5.18. The van der Waals surface area contributed by atoms with Crippen LogP contribution < -0.4 is 0 Å². The Bertz CT molecular complexity index is 417. The highest BCUT2D eigenvalue weighted by atomic mass is 14.2. The summed E-state index contributed by atoms with van der Waals surface area (Å²) >= 11 is 0. The van der Waals surface area contributed by atoms with Crippen molar-refractivity contribution in [3.63, 3.8) is 0 Å². The van der Waals surface area contributed by atoms with Crippen LogP contribution >= 0.6 is 0 Å². The van der Waals surface area contributed by atoms with E-state index >= 15 is 0 Å². The average Bonchev–Trinajstić information content (AvgIpc) is 2.29. The summed E-state index contributed by atoms with van der Waals surface area (Å²) in [7, 11) is 0. The van der Waals surface area contributed by atoms with Crippen LogP contribution in [0.3, 0.4) is 0 Å². The van der Waals surface area contributed by atoms with Gasteiger partial charge in [0.2, 0.25) is 0 Å². The molecule has 2 unspecified atom stereocenters. The molecule has 1 aliphatic carbocycles. The molecule has 2 rings (SSSR count). The van der Waals surface area contributed by atoms with Crippen molar-refractivity contribution in [1.29, 1.82) is 0 Å².